The molecule has 0 rings (SSSR count). The molecule has 1 atom stereocenters. The molecular formula is C4H10N2O2. The standard InChI is InChI=1S/C4H10N2O2/c1-3(5)4(6-7)8-2/h3,7H,5H2,1-2H3/b6-4-. The van der Waals surface area contributed by atoms with Gasteiger partial charge in [0.25, 0.3) is 0 Å². The van der Waals surface area contributed by atoms with Crippen LogP contribution in [0.1, 0.15) is 6.92 Å². The number of rotatable bonds is 1. The highest BCUT2D eigenvalue weighted by molar-refractivity contribution is 5.80. The Morgan fingerprint density at radius 3 is 2.38 bits per heavy atom. The van der Waals surface area contributed by atoms with Gasteiger partial charge in [0, 0.05) is 0 Å². The maximum absolute atomic E-state index is 8.08. The first kappa shape index (κ1) is 7.23. The van der Waals surface area contributed by atoms with Gasteiger partial charge in [-0.25, -0.2) is 0 Å². The molecule has 0 bridgehead atoms. The molecule has 0 amide bonds. The first-order chi connectivity index (χ1) is 3.72. The third-order valence-corrected chi connectivity index (χ3v) is 0.697. The summed E-state index contributed by atoms with van der Waals surface area (Å²) < 4.78 is 4.54. The number of ether oxygens (including phenoxy) is 1. The summed E-state index contributed by atoms with van der Waals surface area (Å²) in [6.45, 7) is 1.67. The van der Waals surface area contributed by atoms with Crippen LogP contribution in [0.3, 0.4) is 0 Å². The summed E-state index contributed by atoms with van der Waals surface area (Å²) in [5, 5.41) is 10.9. The van der Waals surface area contributed by atoms with Crippen LogP contribution in [0, 0.1) is 0 Å². The third-order valence-electron chi connectivity index (χ3n) is 0.697. The van der Waals surface area contributed by atoms with Crippen LogP contribution >= 0.6 is 0 Å². The largest absolute Gasteiger partial charge is 0.481 e. The molecule has 0 aromatic carbocycles. The van der Waals surface area contributed by atoms with Crippen molar-refractivity contribution in [1.82, 2.24) is 0 Å². The molecule has 0 aliphatic heterocycles. The van der Waals surface area contributed by atoms with Crippen molar-refractivity contribution >= 4 is 5.90 Å². The number of hydrogen-bond donors (Lipinski definition) is 2. The van der Waals surface area contributed by atoms with Crippen LogP contribution in [0.25, 0.3) is 0 Å². The lowest BCUT2D eigenvalue weighted by molar-refractivity contribution is 0.278. The van der Waals surface area contributed by atoms with Crippen LogP contribution < -0.4 is 5.73 Å². The molecule has 48 valence electrons. The lowest BCUT2D eigenvalue weighted by Gasteiger charge is -2.03. The summed E-state index contributed by atoms with van der Waals surface area (Å²) >= 11 is 0. The van der Waals surface area contributed by atoms with Gasteiger partial charge in [0.1, 0.15) is 0 Å². The van der Waals surface area contributed by atoms with Gasteiger partial charge in [-0.05, 0) is 6.92 Å². The van der Waals surface area contributed by atoms with Crippen molar-refractivity contribution in [2.24, 2.45) is 10.9 Å². The number of methoxy groups -OCH3 is 1. The van der Waals surface area contributed by atoms with Gasteiger partial charge in [-0.2, -0.15) is 0 Å². The first-order valence-electron chi connectivity index (χ1n) is 2.24. The molecular weight excluding hydrogens is 108 g/mol. The molecule has 0 saturated carbocycles. The topological polar surface area (TPSA) is 67.8 Å². The second-order valence-electron chi connectivity index (χ2n) is 1.43. The number of nitrogens with zero attached hydrogens (tertiary/aromatic N) is 1. The highest BCUT2D eigenvalue weighted by Gasteiger charge is 2.02. The van der Waals surface area contributed by atoms with E-state index in [1.54, 1.807) is 6.92 Å². The van der Waals surface area contributed by atoms with Crippen molar-refractivity contribution in [1.29, 1.82) is 0 Å². The molecule has 4 heteroatoms. The number of hydrogen-bond acceptors (Lipinski definition) is 4. The van der Waals surface area contributed by atoms with Crippen LogP contribution in [0.5, 0.6) is 0 Å². The second-order valence-corrected chi connectivity index (χ2v) is 1.43. The van der Waals surface area contributed by atoms with Gasteiger partial charge < -0.3 is 15.7 Å². The minimum Gasteiger partial charge on any atom is -0.481 e. The van der Waals surface area contributed by atoms with Gasteiger partial charge in [-0.3, -0.25) is 0 Å². The fraction of sp³-hybridized carbons (Fsp3) is 0.750. The predicted molar refractivity (Wildman–Crippen MR) is 29.9 cm³/mol. The molecule has 0 aromatic heterocycles. The normalized spacial score (nSPS) is 15.6. The van der Waals surface area contributed by atoms with Crippen LogP contribution in [-0.2, 0) is 4.74 Å². The van der Waals surface area contributed by atoms with Gasteiger partial charge >= 0.3 is 0 Å². The summed E-state index contributed by atoms with van der Waals surface area (Å²) in [7, 11) is 1.40. The number of oxime groups is 1. The summed E-state index contributed by atoms with van der Waals surface area (Å²) in [4.78, 5) is 0. The highest BCUT2D eigenvalue weighted by Crippen LogP contribution is 1.82. The van der Waals surface area contributed by atoms with Gasteiger partial charge in [0.2, 0.25) is 5.90 Å². The van der Waals surface area contributed by atoms with E-state index in [0.717, 1.165) is 0 Å². The smallest absolute Gasteiger partial charge is 0.242 e. The Labute approximate surface area is 47.9 Å². The van der Waals surface area contributed by atoms with Gasteiger partial charge in [0.15, 0.2) is 0 Å². The van der Waals surface area contributed by atoms with E-state index in [2.05, 4.69) is 9.89 Å². The molecule has 4 nitrogen and oxygen atoms in total. The molecule has 0 aliphatic carbocycles. The highest BCUT2D eigenvalue weighted by atomic mass is 16.5. The zero-order valence-electron chi connectivity index (χ0n) is 4.96. The molecule has 8 heavy (non-hydrogen) atoms. The fourth-order valence-corrected chi connectivity index (χ4v) is 0.318. The molecule has 0 aromatic rings. The molecule has 1 unspecified atom stereocenters. The summed E-state index contributed by atoms with van der Waals surface area (Å²) in [6.07, 6.45) is 0. The Bertz CT molecular complexity index is 90.0. The Morgan fingerprint density at radius 2 is 2.38 bits per heavy atom. The van der Waals surface area contributed by atoms with Crippen molar-refractivity contribution in [3.63, 3.8) is 0 Å². The maximum atomic E-state index is 8.08. The number of nitrogens with two attached hydrogens (primary N) is 1. The van der Waals surface area contributed by atoms with E-state index in [1.165, 1.54) is 7.11 Å². The zero-order valence-corrected chi connectivity index (χ0v) is 4.96. The second kappa shape index (κ2) is 3.26. The van der Waals surface area contributed by atoms with Crippen LogP contribution in [0.15, 0.2) is 5.16 Å². The molecule has 0 spiro atoms. The molecule has 0 saturated heterocycles. The summed E-state index contributed by atoms with van der Waals surface area (Å²) in [6, 6.07) is -0.343. The van der Waals surface area contributed by atoms with E-state index in [4.69, 9.17) is 10.9 Å². The Morgan fingerprint density at radius 1 is 1.88 bits per heavy atom. The van der Waals surface area contributed by atoms with E-state index in [9.17, 15) is 0 Å². The third kappa shape index (κ3) is 1.79. The minimum atomic E-state index is -0.343. The van der Waals surface area contributed by atoms with Gasteiger partial charge in [-0.1, -0.05) is 5.16 Å². The average Bonchev–Trinajstić information content (AvgIpc) is 1.69. The predicted octanol–water partition coefficient (Wildman–Crippen LogP) is -0.232. The molecule has 0 radical (unpaired) electrons. The first-order valence-corrected chi connectivity index (χ1v) is 2.24. The monoisotopic (exact) mass is 118 g/mol. The molecule has 0 aliphatic rings. The quantitative estimate of drug-likeness (QED) is 0.216. The van der Waals surface area contributed by atoms with Crippen molar-refractivity contribution in [3.05, 3.63) is 0 Å². The van der Waals surface area contributed by atoms with E-state index in [-0.39, 0.29) is 11.9 Å². The van der Waals surface area contributed by atoms with Crippen molar-refractivity contribution in [2.75, 3.05) is 7.11 Å². The molecule has 3 N–H and O–H groups in total. The molecule has 0 heterocycles. The lowest BCUT2D eigenvalue weighted by atomic mass is 10.4. The minimum absolute atomic E-state index is 0.144. The SMILES string of the molecule is CO/C(=N\O)C(C)N. The zero-order chi connectivity index (χ0) is 6.57. The van der Waals surface area contributed by atoms with Crippen LogP contribution in [0.4, 0.5) is 0 Å². The van der Waals surface area contributed by atoms with E-state index >= 15 is 0 Å². The van der Waals surface area contributed by atoms with Crippen molar-refractivity contribution < 1.29 is 9.94 Å². The fourth-order valence-electron chi connectivity index (χ4n) is 0.318. The molecule has 0 fully saturated rings. The van der Waals surface area contributed by atoms with Crippen LogP contribution in [0.2, 0.25) is 0 Å². The van der Waals surface area contributed by atoms with Crippen molar-refractivity contribution in [2.45, 2.75) is 13.0 Å². The Hall–Kier alpha value is -0.770. The van der Waals surface area contributed by atoms with E-state index < -0.39 is 0 Å². The lowest BCUT2D eigenvalue weighted by Crippen LogP contribution is -2.27. The van der Waals surface area contributed by atoms with Gasteiger partial charge in [0.05, 0.1) is 13.2 Å². The Kier molecular flexibility index (Phi) is 2.95. The van der Waals surface area contributed by atoms with Crippen molar-refractivity contribution in [3.8, 4) is 0 Å². The van der Waals surface area contributed by atoms with E-state index in [0.29, 0.717) is 0 Å². The van der Waals surface area contributed by atoms with Crippen LogP contribution in [-0.4, -0.2) is 24.3 Å². The maximum Gasteiger partial charge on any atom is 0.242 e. The Balaban J connectivity index is 3.72. The average molecular weight is 118 g/mol. The summed E-state index contributed by atoms with van der Waals surface area (Å²) in [5.74, 6) is 0.144. The summed E-state index contributed by atoms with van der Waals surface area (Å²) in [5.41, 5.74) is 5.24. The van der Waals surface area contributed by atoms with E-state index in [1.807, 2.05) is 0 Å². The van der Waals surface area contributed by atoms with Gasteiger partial charge in [-0.15, -0.1) is 0 Å².